The van der Waals surface area contributed by atoms with Crippen LogP contribution in [0.4, 0.5) is 11.4 Å². The second-order valence-corrected chi connectivity index (χ2v) is 5.99. The minimum atomic E-state index is -0.262. The number of carbonyl (C=O) groups is 1. The first-order valence-electron chi connectivity index (χ1n) is 8.40. The zero-order chi connectivity index (χ0) is 18.0. The van der Waals surface area contributed by atoms with Crippen molar-refractivity contribution < 1.29 is 4.79 Å². The fourth-order valence-corrected chi connectivity index (χ4v) is 2.90. The van der Waals surface area contributed by atoms with Crippen LogP contribution in [-0.4, -0.2) is 29.0 Å². The molecule has 1 amide bonds. The molecule has 2 aromatic carbocycles. The second-order valence-electron chi connectivity index (χ2n) is 5.99. The van der Waals surface area contributed by atoms with Gasteiger partial charge < -0.3 is 20.2 Å². The smallest absolute Gasteiger partial charge is 0.323 e. The van der Waals surface area contributed by atoms with Gasteiger partial charge in [-0.15, -0.1) is 0 Å². The Hall–Kier alpha value is -3.02. The van der Waals surface area contributed by atoms with Crippen molar-refractivity contribution in [1.82, 2.24) is 9.97 Å². The number of rotatable bonds is 5. The average Bonchev–Trinajstić information content (AvgIpc) is 2.95. The monoisotopic (exact) mass is 338 g/mol. The Balaban J connectivity index is 2.03. The average molecular weight is 338 g/mol. The Labute approximate surface area is 145 Å². The number of aryl methyl sites for hydroxylation is 1. The molecule has 25 heavy (non-hydrogen) atoms. The number of imidazole rings is 1. The standard InChI is InChI=1S/C19H22N4O2/c1-4-23(5-2)17-11-15-14(21-19(25)22-15)10-16(17)20-18(24)13-8-6-12(3)7-9-13/h6-11H,4-5H2,1-3H3,(H,20,24)(H2,21,22,25). The van der Waals surface area contributed by atoms with Crippen molar-refractivity contribution in [3.63, 3.8) is 0 Å². The van der Waals surface area contributed by atoms with E-state index in [2.05, 4.69) is 34.0 Å². The molecule has 6 nitrogen and oxygen atoms in total. The van der Waals surface area contributed by atoms with Crippen LogP contribution in [0.3, 0.4) is 0 Å². The summed E-state index contributed by atoms with van der Waals surface area (Å²) < 4.78 is 0. The van der Waals surface area contributed by atoms with Gasteiger partial charge in [-0.2, -0.15) is 0 Å². The van der Waals surface area contributed by atoms with E-state index in [0.29, 0.717) is 16.8 Å². The number of hydrogen-bond donors (Lipinski definition) is 3. The highest BCUT2D eigenvalue weighted by Gasteiger charge is 2.15. The van der Waals surface area contributed by atoms with Crippen molar-refractivity contribution in [2.45, 2.75) is 20.8 Å². The van der Waals surface area contributed by atoms with E-state index < -0.39 is 0 Å². The van der Waals surface area contributed by atoms with Crippen molar-refractivity contribution in [2.75, 3.05) is 23.3 Å². The number of H-pyrrole nitrogens is 2. The summed E-state index contributed by atoms with van der Waals surface area (Å²) in [7, 11) is 0. The Morgan fingerprint density at radius 3 is 2.24 bits per heavy atom. The molecule has 3 aromatic rings. The Morgan fingerprint density at radius 2 is 1.64 bits per heavy atom. The summed E-state index contributed by atoms with van der Waals surface area (Å²) in [6, 6.07) is 11.1. The number of amides is 1. The van der Waals surface area contributed by atoms with Gasteiger partial charge in [-0.25, -0.2) is 4.79 Å². The molecule has 0 aliphatic heterocycles. The molecule has 1 heterocycles. The van der Waals surface area contributed by atoms with Crippen LogP contribution in [0.15, 0.2) is 41.2 Å². The summed E-state index contributed by atoms with van der Waals surface area (Å²) in [5.41, 5.74) is 4.39. The molecule has 0 saturated carbocycles. The predicted molar refractivity (Wildman–Crippen MR) is 102 cm³/mol. The zero-order valence-electron chi connectivity index (χ0n) is 14.6. The van der Waals surface area contributed by atoms with Gasteiger partial charge in [-0.05, 0) is 45.0 Å². The Kier molecular flexibility index (Phi) is 4.61. The van der Waals surface area contributed by atoms with Crippen LogP contribution in [0.2, 0.25) is 0 Å². The molecule has 0 aliphatic carbocycles. The topological polar surface area (TPSA) is 81.0 Å². The first kappa shape index (κ1) is 16.8. The normalized spacial score (nSPS) is 10.8. The Morgan fingerprint density at radius 1 is 1.04 bits per heavy atom. The van der Waals surface area contributed by atoms with Gasteiger partial charge in [0.25, 0.3) is 5.91 Å². The van der Waals surface area contributed by atoms with Crippen molar-refractivity contribution in [3.8, 4) is 0 Å². The number of hydrogen-bond acceptors (Lipinski definition) is 3. The third-order valence-corrected chi connectivity index (χ3v) is 4.30. The lowest BCUT2D eigenvalue weighted by atomic mass is 10.1. The minimum Gasteiger partial charge on any atom is -0.370 e. The number of benzene rings is 2. The number of carbonyl (C=O) groups excluding carboxylic acids is 1. The second kappa shape index (κ2) is 6.84. The molecule has 0 saturated heterocycles. The third kappa shape index (κ3) is 3.42. The molecule has 0 radical (unpaired) electrons. The maximum Gasteiger partial charge on any atom is 0.323 e. The maximum atomic E-state index is 12.6. The van der Waals surface area contributed by atoms with Gasteiger partial charge in [0.05, 0.1) is 22.4 Å². The van der Waals surface area contributed by atoms with Gasteiger partial charge in [0, 0.05) is 18.7 Å². The highest BCUT2D eigenvalue weighted by Crippen LogP contribution is 2.30. The summed E-state index contributed by atoms with van der Waals surface area (Å²) in [6.07, 6.45) is 0. The summed E-state index contributed by atoms with van der Waals surface area (Å²) in [5, 5.41) is 2.98. The van der Waals surface area contributed by atoms with Crippen LogP contribution in [0.25, 0.3) is 11.0 Å². The number of nitrogens with zero attached hydrogens (tertiary/aromatic N) is 1. The summed E-state index contributed by atoms with van der Waals surface area (Å²) in [6.45, 7) is 7.68. The first-order valence-corrected chi connectivity index (χ1v) is 8.40. The van der Waals surface area contributed by atoms with Gasteiger partial charge in [-0.3, -0.25) is 4.79 Å². The van der Waals surface area contributed by atoms with Gasteiger partial charge in [-0.1, -0.05) is 17.7 Å². The van der Waals surface area contributed by atoms with Gasteiger partial charge in [0.2, 0.25) is 0 Å². The summed E-state index contributed by atoms with van der Waals surface area (Å²) >= 11 is 0. The van der Waals surface area contributed by atoms with E-state index in [1.54, 1.807) is 18.2 Å². The van der Waals surface area contributed by atoms with Crippen molar-refractivity contribution in [3.05, 3.63) is 58.0 Å². The van der Waals surface area contributed by atoms with Crippen LogP contribution in [0.1, 0.15) is 29.8 Å². The van der Waals surface area contributed by atoms with Crippen molar-refractivity contribution in [2.24, 2.45) is 0 Å². The van der Waals surface area contributed by atoms with E-state index in [9.17, 15) is 9.59 Å². The number of anilines is 2. The molecule has 0 unspecified atom stereocenters. The first-order chi connectivity index (χ1) is 12.0. The van der Waals surface area contributed by atoms with Crippen LogP contribution in [-0.2, 0) is 0 Å². The predicted octanol–water partition coefficient (Wildman–Crippen LogP) is 3.26. The number of nitrogens with one attached hydrogen (secondary N) is 3. The molecular formula is C19H22N4O2. The van der Waals surface area contributed by atoms with E-state index in [1.807, 2.05) is 25.1 Å². The van der Waals surface area contributed by atoms with Crippen LogP contribution < -0.4 is 15.9 Å². The number of aromatic nitrogens is 2. The van der Waals surface area contributed by atoms with Gasteiger partial charge in [0.1, 0.15) is 0 Å². The SMILES string of the molecule is CCN(CC)c1cc2[nH]c(=O)[nH]c2cc1NC(=O)c1ccc(C)cc1. The summed E-state index contributed by atoms with van der Waals surface area (Å²) in [4.78, 5) is 31.8. The largest absolute Gasteiger partial charge is 0.370 e. The lowest BCUT2D eigenvalue weighted by Crippen LogP contribution is -2.24. The molecule has 6 heteroatoms. The minimum absolute atomic E-state index is 0.175. The molecule has 1 aromatic heterocycles. The zero-order valence-corrected chi connectivity index (χ0v) is 14.6. The fraction of sp³-hybridized carbons (Fsp3) is 0.263. The van der Waals surface area contributed by atoms with Gasteiger partial charge >= 0.3 is 5.69 Å². The Bertz CT molecular complexity index is 950. The highest BCUT2D eigenvalue weighted by atomic mass is 16.2. The molecule has 0 aliphatic rings. The summed E-state index contributed by atoms with van der Waals surface area (Å²) in [5.74, 6) is -0.175. The van der Waals surface area contributed by atoms with Crippen LogP contribution in [0, 0.1) is 6.92 Å². The molecule has 0 atom stereocenters. The molecule has 0 bridgehead atoms. The maximum absolute atomic E-state index is 12.6. The fourth-order valence-electron chi connectivity index (χ4n) is 2.90. The molecule has 3 N–H and O–H groups in total. The van der Waals surface area contributed by atoms with E-state index >= 15 is 0 Å². The lowest BCUT2D eigenvalue weighted by Gasteiger charge is -2.24. The quantitative estimate of drug-likeness (QED) is 0.668. The van der Waals surface area contributed by atoms with Gasteiger partial charge in [0.15, 0.2) is 0 Å². The van der Waals surface area contributed by atoms with E-state index in [1.165, 1.54) is 0 Å². The molecule has 130 valence electrons. The molecule has 0 spiro atoms. The molecule has 0 fully saturated rings. The molecular weight excluding hydrogens is 316 g/mol. The van der Waals surface area contributed by atoms with E-state index in [0.717, 1.165) is 29.9 Å². The highest BCUT2D eigenvalue weighted by molar-refractivity contribution is 6.07. The van der Waals surface area contributed by atoms with E-state index in [4.69, 9.17) is 0 Å². The van der Waals surface area contributed by atoms with Crippen LogP contribution >= 0.6 is 0 Å². The number of aromatic amines is 2. The third-order valence-electron chi connectivity index (χ3n) is 4.30. The van der Waals surface area contributed by atoms with Crippen molar-refractivity contribution >= 4 is 28.3 Å². The lowest BCUT2D eigenvalue weighted by molar-refractivity contribution is 0.102. The number of fused-ring (bicyclic) bond motifs is 1. The molecule has 3 rings (SSSR count). The van der Waals surface area contributed by atoms with E-state index in [-0.39, 0.29) is 11.6 Å². The van der Waals surface area contributed by atoms with Crippen molar-refractivity contribution in [1.29, 1.82) is 0 Å². The van der Waals surface area contributed by atoms with Crippen LogP contribution in [0.5, 0.6) is 0 Å².